The van der Waals surface area contributed by atoms with Crippen LogP contribution in [-0.4, -0.2) is 62.6 Å². The molecule has 0 aromatic carbocycles. The van der Waals surface area contributed by atoms with Crippen LogP contribution in [0.25, 0.3) is 26.1 Å². The SMILES string of the molecule is CC(C)c1nn(CC(=O)OCC(F)(F)c2nc3c(C(C)C)nn(CC(=O)Nc4ccc5nncn5c4)c(=O)c3s2)c(=O)c2sc(C(C)(F)F)nc12. The van der Waals surface area contributed by atoms with Crippen LogP contribution < -0.4 is 16.4 Å². The van der Waals surface area contributed by atoms with Gasteiger partial charge in [0.1, 0.15) is 39.9 Å². The second kappa shape index (κ2) is 13.2. The van der Waals surface area contributed by atoms with Gasteiger partial charge in [0, 0.05) is 13.1 Å². The van der Waals surface area contributed by atoms with E-state index in [4.69, 9.17) is 4.74 Å². The summed E-state index contributed by atoms with van der Waals surface area (Å²) in [4.78, 5) is 59.8. The summed E-state index contributed by atoms with van der Waals surface area (Å²) < 4.78 is 66.5. The van der Waals surface area contributed by atoms with Gasteiger partial charge >= 0.3 is 11.9 Å². The maximum atomic E-state index is 15.5. The molecule has 0 bridgehead atoms. The van der Waals surface area contributed by atoms with E-state index in [2.05, 4.69) is 35.7 Å². The lowest BCUT2D eigenvalue weighted by Crippen LogP contribution is -2.31. The zero-order valence-corrected chi connectivity index (χ0v) is 29.1. The van der Waals surface area contributed by atoms with E-state index < -0.39 is 70.5 Å². The number of alkyl halides is 4. The summed E-state index contributed by atoms with van der Waals surface area (Å²) in [6.07, 6.45) is 3.01. The van der Waals surface area contributed by atoms with E-state index in [-0.39, 0.29) is 37.7 Å². The van der Waals surface area contributed by atoms with Crippen LogP contribution in [0, 0.1) is 0 Å². The molecule has 51 heavy (non-hydrogen) atoms. The number of carbonyl (C=O) groups is 2. The molecule has 0 aliphatic rings. The number of aromatic nitrogens is 9. The highest BCUT2D eigenvalue weighted by Gasteiger charge is 2.39. The van der Waals surface area contributed by atoms with Gasteiger partial charge in [-0.2, -0.15) is 27.8 Å². The van der Waals surface area contributed by atoms with Gasteiger partial charge in [0.25, 0.3) is 17.0 Å². The molecule has 0 unspecified atom stereocenters. The minimum absolute atomic E-state index is 0.0243. The lowest BCUT2D eigenvalue weighted by Gasteiger charge is -2.14. The number of hydrogen-bond acceptors (Lipinski definition) is 13. The van der Waals surface area contributed by atoms with Gasteiger partial charge < -0.3 is 10.1 Å². The fourth-order valence-electron chi connectivity index (χ4n) is 4.93. The first-order valence-corrected chi connectivity index (χ1v) is 16.9. The monoisotopic (exact) mass is 748 g/mol. The van der Waals surface area contributed by atoms with Crippen LogP contribution in [0.15, 0.2) is 34.2 Å². The molecule has 15 nitrogen and oxygen atoms in total. The van der Waals surface area contributed by atoms with Gasteiger partial charge in [-0.25, -0.2) is 19.3 Å². The summed E-state index contributed by atoms with van der Waals surface area (Å²) in [5.41, 5.74) is -0.556. The van der Waals surface area contributed by atoms with E-state index in [1.165, 1.54) is 6.33 Å². The lowest BCUT2D eigenvalue weighted by molar-refractivity contribution is -0.157. The Morgan fingerprint density at radius 1 is 0.882 bits per heavy atom. The number of anilines is 1. The maximum absolute atomic E-state index is 15.5. The zero-order chi connectivity index (χ0) is 37.0. The molecule has 0 saturated carbocycles. The van der Waals surface area contributed by atoms with Crippen molar-refractivity contribution in [2.45, 2.75) is 71.4 Å². The van der Waals surface area contributed by atoms with Gasteiger partial charge in [-0.05, 0) is 24.0 Å². The van der Waals surface area contributed by atoms with Crippen molar-refractivity contribution in [1.29, 1.82) is 0 Å². The molecule has 0 radical (unpaired) electrons. The van der Waals surface area contributed by atoms with E-state index in [1.807, 2.05) is 0 Å². The first-order chi connectivity index (χ1) is 23.9. The number of ether oxygens (including phenoxy) is 1. The number of rotatable bonds is 11. The number of fused-ring (bicyclic) bond motifs is 3. The van der Waals surface area contributed by atoms with Gasteiger partial charge in [-0.15, -0.1) is 32.9 Å². The van der Waals surface area contributed by atoms with Crippen LogP contribution in [0.5, 0.6) is 0 Å². The van der Waals surface area contributed by atoms with Crippen LogP contribution >= 0.6 is 22.7 Å². The average molecular weight is 749 g/mol. The van der Waals surface area contributed by atoms with Gasteiger partial charge in [0.15, 0.2) is 22.3 Å². The third-order valence-electron chi connectivity index (χ3n) is 7.40. The molecule has 0 saturated heterocycles. The third kappa shape index (κ3) is 7.07. The number of halogens is 4. The first kappa shape index (κ1) is 35.6. The van der Waals surface area contributed by atoms with Gasteiger partial charge in [-0.1, -0.05) is 27.7 Å². The van der Waals surface area contributed by atoms with Crippen LogP contribution in [0.4, 0.5) is 23.2 Å². The van der Waals surface area contributed by atoms with Crippen molar-refractivity contribution >= 4 is 66.3 Å². The smallest absolute Gasteiger partial charge is 0.332 e. The fraction of sp³-hybridized carbons (Fsp3) is 0.400. The Kier molecular flexibility index (Phi) is 9.21. The third-order valence-corrected chi connectivity index (χ3v) is 9.77. The van der Waals surface area contributed by atoms with Gasteiger partial charge in [0.05, 0.1) is 17.1 Å². The molecule has 21 heteroatoms. The molecule has 0 spiro atoms. The van der Waals surface area contributed by atoms with Crippen LogP contribution in [0.1, 0.15) is 67.9 Å². The Morgan fingerprint density at radius 3 is 2.04 bits per heavy atom. The molecule has 0 atom stereocenters. The summed E-state index contributed by atoms with van der Waals surface area (Å²) in [5, 5.41) is 17.2. The first-order valence-electron chi connectivity index (χ1n) is 15.3. The molecule has 0 fully saturated rings. The number of carbonyl (C=O) groups excluding carboxylic acids is 2. The highest BCUT2D eigenvalue weighted by molar-refractivity contribution is 7.19. The molecule has 6 aromatic rings. The molecule has 6 aromatic heterocycles. The molecular weight excluding hydrogens is 721 g/mol. The van der Waals surface area contributed by atoms with E-state index >= 15 is 8.78 Å². The second-order valence-electron chi connectivity index (χ2n) is 12.2. The molecule has 1 N–H and O–H groups in total. The van der Waals surface area contributed by atoms with Gasteiger partial charge in [0.2, 0.25) is 5.91 Å². The number of thiazole rings is 2. The molecule has 1 amide bonds. The summed E-state index contributed by atoms with van der Waals surface area (Å²) >= 11 is 0.826. The number of amides is 1. The van der Waals surface area contributed by atoms with Crippen LogP contribution in [0.3, 0.4) is 0 Å². The summed E-state index contributed by atoms with van der Waals surface area (Å²) in [5.74, 6) is -9.86. The van der Waals surface area contributed by atoms with Crippen molar-refractivity contribution in [3.05, 3.63) is 66.8 Å². The van der Waals surface area contributed by atoms with E-state index in [1.54, 1.807) is 50.4 Å². The van der Waals surface area contributed by atoms with Crippen LogP contribution in [0.2, 0.25) is 0 Å². The molecule has 0 aliphatic heterocycles. The molecule has 6 rings (SSSR count). The Hall–Kier alpha value is -5.18. The average Bonchev–Trinajstić information content (AvgIpc) is 3.81. The topological polar surface area (TPSA) is 181 Å². The Bertz CT molecular complexity index is 2450. The minimum atomic E-state index is -3.88. The lowest BCUT2D eigenvalue weighted by atomic mass is 10.1. The zero-order valence-electron chi connectivity index (χ0n) is 27.5. The number of nitrogens with zero attached hydrogens (tertiary/aromatic N) is 9. The molecule has 268 valence electrons. The van der Waals surface area contributed by atoms with E-state index in [0.717, 1.165) is 4.68 Å². The van der Waals surface area contributed by atoms with Crippen LogP contribution in [-0.2, 0) is 39.3 Å². The normalized spacial score (nSPS) is 12.5. The number of esters is 1. The Morgan fingerprint density at radius 2 is 1.45 bits per heavy atom. The highest BCUT2D eigenvalue weighted by Crippen LogP contribution is 2.36. The fourth-order valence-corrected chi connectivity index (χ4v) is 6.86. The van der Waals surface area contributed by atoms with Crippen molar-refractivity contribution in [3.8, 4) is 0 Å². The predicted octanol–water partition coefficient (Wildman–Crippen LogP) is 4.39. The second-order valence-corrected chi connectivity index (χ2v) is 14.2. The Labute approximate surface area is 291 Å². The van der Waals surface area contributed by atoms with Crippen molar-refractivity contribution in [3.63, 3.8) is 0 Å². The highest BCUT2D eigenvalue weighted by atomic mass is 32.1. The van der Waals surface area contributed by atoms with E-state index in [0.29, 0.717) is 45.6 Å². The molecular formula is C30H28F4N10O5S2. The molecule has 6 heterocycles. The van der Waals surface area contributed by atoms with Gasteiger partial charge in [-0.3, -0.25) is 23.6 Å². The van der Waals surface area contributed by atoms with Crippen molar-refractivity contribution in [2.24, 2.45) is 0 Å². The van der Waals surface area contributed by atoms with Crippen molar-refractivity contribution in [1.82, 2.24) is 44.1 Å². The minimum Gasteiger partial charge on any atom is -0.457 e. The van der Waals surface area contributed by atoms with Crippen molar-refractivity contribution in [2.75, 3.05) is 11.9 Å². The summed E-state index contributed by atoms with van der Waals surface area (Å²) in [7, 11) is 0. The number of nitrogens with one attached hydrogen (secondary N) is 1. The summed E-state index contributed by atoms with van der Waals surface area (Å²) in [6, 6.07) is 3.22. The largest absolute Gasteiger partial charge is 0.457 e. The quantitative estimate of drug-likeness (QED) is 0.147. The van der Waals surface area contributed by atoms with Crippen molar-refractivity contribution < 1.29 is 31.9 Å². The Balaban J connectivity index is 1.21. The summed E-state index contributed by atoms with van der Waals surface area (Å²) in [6.45, 7) is 4.51. The standard InChI is InChI=1S/C30H28F4N10O5S2/c1-13(2)19-21-23(50-27(37-21)29(5,31)32)26(48)44(41-19)10-18(46)49-11-30(33,34)28-38-22-20(14(3)4)40-43(25(47)24(22)51-28)9-17(45)36-15-6-7-16-39-35-12-42(16)8-15/h6-8,12-14H,9-11H2,1-5H3,(H,36,45). The van der Waals surface area contributed by atoms with E-state index in [9.17, 15) is 28.0 Å². The number of hydrogen-bond donors (Lipinski definition) is 1. The maximum Gasteiger partial charge on any atom is 0.332 e. The number of pyridine rings is 1. The predicted molar refractivity (Wildman–Crippen MR) is 178 cm³/mol. The molecule has 0 aliphatic carbocycles.